The van der Waals surface area contributed by atoms with E-state index in [2.05, 4.69) is 18.2 Å². The number of carbonyl (C=O) groups excluding carboxylic acids is 1. The fraction of sp³-hybridized carbons (Fsp3) is 0.467. The zero-order valence-electron chi connectivity index (χ0n) is 11.9. The van der Waals surface area contributed by atoms with Gasteiger partial charge < -0.3 is 10.0 Å². The Balaban J connectivity index is 2.61. The van der Waals surface area contributed by atoms with Gasteiger partial charge in [0.15, 0.2) is 0 Å². The molecule has 0 heterocycles. The summed E-state index contributed by atoms with van der Waals surface area (Å²) in [6, 6.07) is 5.41. The number of hydrogen-bond acceptors (Lipinski definition) is 2. The second-order valence-corrected chi connectivity index (χ2v) is 5.01. The number of rotatable bonds is 5. The van der Waals surface area contributed by atoms with E-state index in [9.17, 15) is 9.59 Å². The molecule has 19 heavy (non-hydrogen) atoms. The van der Waals surface area contributed by atoms with E-state index in [1.165, 1.54) is 30.0 Å². The van der Waals surface area contributed by atoms with Gasteiger partial charge in [-0.15, -0.1) is 0 Å². The predicted molar refractivity (Wildman–Crippen MR) is 74.1 cm³/mol. The van der Waals surface area contributed by atoms with Gasteiger partial charge in [0, 0.05) is 13.5 Å². The highest BCUT2D eigenvalue weighted by Gasteiger charge is 2.21. The molecule has 0 aliphatic heterocycles. The molecule has 0 aliphatic rings. The summed E-state index contributed by atoms with van der Waals surface area (Å²) in [5, 5.41) is 8.87. The van der Waals surface area contributed by atoms with E-state index < -0.39 is 12.0 Å². The first-order valence-corrected chi connectivity index (χ1v) is 6.37. The molecule has 4 heteroatoms. The predicted octanol–water partition coefficient (Wildman–Crippen LogP) is 2.17. The van der Waals surface area contributed by atoms with Crippen LogP contribution in [-0.4, -0.2) is 35.0 Å². The molecule has 0 radical (unpaired) electrons. The van der Waals surface area contributed by atoms with Crippen LogP contribution in [0.3, 0.4) is 0 Å². The fourth-order valence-corrected chi connectivity index (χ4v) is 2.02. The Bertz CT molecular complexity index is 462. The number of aliphatic carboxylic acids is 1. The summed E-state index contributed by atoms with van der Waals surface area (Å²) in [4.78, 5) is 24.0. The molecule has 1 rings (SSSR count). The molecule has 0 saturated carbocycles. The van der Waals surface area contributed by atoms with Gasteiger partial charge >= 0.3 is 5.97 Å². The van der Waals surface area contributed by atoms with Crippen LogP contribution in [0.15, 0.2) is 18.2 Å². The van der Waals surface area contributed by atoms with Gasteiger partial charge in [0.2, 0.25) is 5.91 Å². The third kappa shape index (κ3) is 4.39. The summed E-state index contributed by atoms with van der Waals surface area (Å²) in [7, 11) is 1.53. The van der Waals surface area contributed by atoms with Gasteiger partial charge in [0.25, 0.3) is 0 Å². The second-order valence-electron chi connectivity index (χ2n) is 5.01. The Morgan fingerprint density at radius 1 is 1.21 bits per heavy atom. The van der Waals surface area contributed by atoms with Gasteiger partial charge in [-0.2, -0.15) is 0 Å². The van der Waals surface area contributed by atoms with E-state index in [-0.39, 0.29) is 5.91 Å². The molecule has 0 bridgehead atoms. The number of carbonyl (C=O) groups is 2. The van der Waals surface area contributed by atoms with Crippen molar-refractivity contribution in [1.29, 1.82) is 0 Å². The molecule has 4 nitrogen and oxygen atoms in total. The zero-order chi connectivity index (χ0) is 14.6. The van der Waals surface area contributed by atoms with E-state index in [0.29, 0.717) is 12.8 Å². The minimum Gasteiger partial charge on any atom is -0.480 e. The lowest BCUT2D eigenvalue weighted by molar-refractivity contribution is -0.148. The van der Waals surface area contributed by atoms with Crippen molar-refractivity contribution < 1.29 is 14.7 Å². The monoisotopic (exact) mass is 263 g/mol. The quantitative estimate of drug-likeness (QED) is 0.885. The molecule has 1 N–H and O–H groups in total. The van der Waals surface area contributed by atoms with Crippen molar-refractivity contribution in [3.63, 3.8) is 0 Å². The lowest BCUT2D eigenvalue weighted by atomic mass is 10.0. The second kappa shape index (κ2) is 6.36. The topological polar surface area (TPSA) is 57.6 Å². The summed E-state index contributed by atoms with van der Waals surface area (Å²) in [5.41, 5.74) is 3.46. The summed E-state index contributed by atoms with van der Waals surface area (Å²) in [6.45, 7) is 5.56. The lowest BCUT2D eigenvalue weighted by Crippen LogP contribution is -2.40. The van der Waals surface area contributed by atoms with E-state index >= 15 is 0 Å². The molecule has 0 aromatic heterocycles. The van der Waals surface area contributed by atoms with Crippen molar-refractivity contribution in [3.8, 4) is 0 Å². The van der Waals surface area contributed by atoms with Crippen molar-refractivity contribution in [2.24, 2.45) is 0 Å². The van der Waals surface area contributed by atoms with E-state index in [1.807, 2.05) is 13.8 Å². The van der Waals surface area contributed by atoms with Crippen molar-refractivity contribution in [2.45, 2.75) is 39.7 Å². The molecule has 104 valence electrons. The van der Waals surface area contributed by atoms with E-state index in [4.69, 9.17) is 5.11 Å². The van der Waals surface area contributed by atoms with Gasteiger partial charge in [-0.3, -0.25) is 4.79 Å². The number of amides is 1. The van der Waals surface area contributed by atoms with Crippen LogP contribution in [0.1, 0.15) is 30.0 Å². The van der Waals surface area contributed by atoms with Crippen molar-refractivity contribution in [2.75, 3.05) is 7.05 Å². The molecule has 1 aromatic carbocycles. The smallest absolute Gasteiger partial charge is 0.326 e. The summed E-state index contributed by atoms with van der Waals surface area (Å²) in [6.07, 6.45) is 0.967. The number of hydrogen-bond donors (Lipinski definition) is 1. The van der Waals surface area contributed by atoms with Crippen LogP contribution in [-0.2, 0) is 16.0 Å². The summed E-state index contributed by atoms with van der Waals surface area (Å²) in [5.74, 6) is -1.13. The number of aryl methyl sites for hydroxylation is 3. The molecule has 1 amide bonds. The molecule has 1 atom stereocenters. The van der Waals surface area contributed by atoms with Crippen LogP contribution in [0, 0.1) is 13.8 Å². The normalized spacial score (nSPS) is 12.0. The molecule has 0 fully saturated rings. The molecule has 0 saturated heterocycles. The molecule has 1 unspecified atom stereocenters. The van der Waals surface area contributed by atoms with Gasteiger partial charge in [-0.05, 0) is 32.8 Å². The van der Waals surface area contributed by atoms with Crippen LogP contribution in [0.4, 0.5) is 0 Å². The van der Waals surface area contributed by atoms with Crippen LogP contribution in [0.5, 0.6) is 0 Å². The van der Waals surface area contributed by atoms with Crippen molar-refractivity contribution >= 4 is 11.9 Å². The number of carboxylic acid groups (broad SMARTS) is 1. The average Bonchev–Trinajstić information content (AvgIpc) is 2.32. The third-order valence-electron chi connectivity index (χ3n) is 3.24. The van der Waals surface area contributed by atoms with Crippen LogP contribution >= 0.6 is 0 Å². The number of benzene rings is 1. The van der Waals surface area contributed by atoms with Crippen LogP contribution in [0.25, 0.3) is 0 Å². The Morgan fingerprint density at radius 2 is 1.74 bits per heavy atom. The van der Waals surface area contributed by atoms with Crippen molar-refractivity contribution in [3.05, 3.63) is 34.9 Å². The SMILES string of the molecule is Cc1cc(C)cc(CCC(=O)N(C)C(C)C(=O)O)c1. The number of nitrogens with zero attached hydrogens (tertiary/aromatic N) is 1. The van der Waals surface area contributed by atoms with Crippen molar-refractivity contribution in [1.82, 2.24) is 4.90 Å². The molecule has 0 aliphatic carbocycles. The van der Waals surface area contributed by atoms with Gasteiger partial charge in [-0.1, -0.05) is 29.3 Å². The first-order chi connectivity index (χ1) is 8.81. The Labute approximate surface area is 114 Å². The Kier molecular flexibility index (Phi) is 5.10. The van der Waals surface area contributed by atoms with Gasteiger partial charge in [-0.25, -0.2) is 4.79 Å². The highest BCUT2D eigenvalue weighted by molar-refractivity contribution is 5.83. The minimum atomic E-state index is -0.984. The maximum atomic E-state index is 11.9. The molecule has 1 aromatic rings. The largest absolute Gasteiger partial charge is 0.480 e. The first kappa shape index (κ1) is 15.2. The Morgan fingerprint density at radius 3 is 2.21 bits per heavy atom. The average molecular weight is 263 g/mol. The fourth-order valence-electron chi connectivity index (χ4n) is 2.02. The highest BCUT2D eigenvalue weighted by Crippen LogP contribution is 2.12. The number of carboxylic acids is 1. The number of likely N-dealkylation sites (N-methyl/N-ethyl adjacent to an activating group) is 1. The lowest BCUT2D eigenvalue weighted by Gasteiger charge is -2.21. The summed E-state index contributed by atoms with van der Waals surface area (Å²) < 4.78 is 0. The maximum absolute atomic E-state index is 11.9. The van der Waals surface area contributed by atoms with E-state index in [0.717, 1.165) is 5.56 Å². The van der Waals surface area contributed by atoms with Crippen LogP contribution in [0.2, 0.25) is 0 Å². The van der Waals surface area contributed by atoms with E-state index in [1.54, 1.807) is 0 Å². The minimum absolute atomic E-state index is 0.144. The molecular weight excluding hydrogens is 242 g/mol. The van der Waals surface area contributed by atoms with Crippen LogP contribution < -0.4 is 0 Å². The third-order valence-corrected chi connectivity index (χ3v) is 3.24. The van der Waals surface area contributed by atoms with Gasteiger partial charge in [0.1, 0.15) is 6.04 Å². The molecule has 0 spiro atoms. The molecular formula is C15H21NO3. The maximum Gasteiger partial charge on any atom is 0.326 e. The highest BCUT2D eigenvalue weighted by atomic mass is 16.4. The summed E-state index contributed by atoms with van der Waals surface area (Å²) >= 11 is 0. The van der Waals surface area contributed by atoms with Gasteiger partial charge in [0.05, 0.1) is 0 Å². The standard InChI is InChI=1S/C15H21NO3/c1-10-7-11(2)9-13(8-10)5-6-14(17)16(4)12(3)15(18)19/h7-9,12H,5-6H2,1-4H3,(H,18,19). The first-order valence-electron chi connectivity index (χ1n) is 6.37. The zero-order valence-corrected chi connectivity index (χ0v) is 11.9. The Hall–Kier alpha value is -1.84.